The molecule has 0 bridgehead atoms. The van der Waals surface area contributed by atoms with Crippen LogP contribution in [-0.2, 0) is 5.60 Å². The SMILES string of the molecule is CCOc1cncc(C2(O)C=CCCC2)c1. The van der Waals surface area contributed by atoms with E-state index in [-0.39, 0.29) is 0 Å². The van der Waals surface area contributed by atoms with Crippen molar-refractivity contribution >= 4 is 0 Å². The van der Waals surface area contributed by atoms with Crippen molar-refractivity contribution in [1.29, 1.82) is 0 Å². The molecule has 0 saturated heterocycles. The van der Waals surface area contributed by atoms with Crippen LogP contribution in [0.25, 0.3) is 0 Å². The highest BCUT2D eigenvalue weighted by Gasteiger charge is 2.28. The smallest absolute Gasteiger partial charge is 0.137 e. The molecular weight excluding hydrogens is 202 g/mol. The van der Waals surface area contributed by atoms with E-state index in [1.54, 1.807) is 12.4 Å². The zero-order valence-electron chi connectivity index (χ0n) is 9.52. The molecular formula is C13H17NO2. The third kappa shape index (κ3) is 2.25. The van der Waals surface area contributed by atoms with Crippen LogP contribution in [-0.4, -0.2) is 16.7 Å². The van der Waals surface area contributed by atoms with Gasteiger partial charge in [0.1, 0.15) is 11.4 Å². The summed E-state index contributed by atoms with van der Waals surface area (Å²) in [4.78, 5) is 4.10. The predicted molar refractivity (Wildman–Crippen MR) is 62.3 cm³/mol. The average molecular weight is 219 g/mol. The number of hydrogen-bond donors (Lipinski definition) is 1. The molecule has 0 amide bonds. The molecule has 3 nitrogen and oxygen atoms in total. The third-order valence-electron chi connectivity index (χ3n) is 2.85. The monoisotopic (exact) mass is 219 g/mol. The molecule has 1 aliphatic rings. The maximum atomic E-state index is 10.5. The highest BCUT2D eigenvalue weighted by atomic mass is 16.5. The van der Waals surface area contributed by atoms with Gasteiger partial charge in [0.25, 0.3) is 0 Å². The van der Waals surface area contributed by atoms with Crippen molar-refractivity contribution in [2.45, 2.75) is 31.8 Å². The molecule has 0 spiro atoms. The van der Waals surface area contributed by atoms with Crippen LogP contribution < -0.4 is 4.74 Å². The second-order valence-corrected chi connectivity index (χ2v) is 4.06. The second-order valence-electron chi connectivity index (χ2n) is 4.06. The topological polar surface area (TPSA) is 42.4 Å². The number of allylic oxidation sites excluding steroid dienone is 1. The molecule has 1 unspecified atom stereocenters. The summed E-state index contributed by atoms with van der Waals surface area (Å²) in [5, 5.41) is 10.5. The van der Waals surface area contributed by atoms with Gasteiger partial charge in [-0.2, -0.15) is 0 Å². The van der Waals surface area contributed by atoms with Crippen LogP contribution in [0.1, 0.15) is 31.7 Å². The molecule has 1 N–H and O–H groups in total. The zero-order chi connectivity index (χ0) is 11.4. The first kappa shape index (κ1) is 11.1. The lowest BCUT2D eigenvalue weighted by atomic mass is 9.85. The largest absolute Gasteiger partial charge is 0.492 e. The highest BCUT2D eigenvalue weighted by Crippen LogP contribution is 2.33. The number of nitrogens with zero attached hydrogens (tertiary/aromatic N) is 1. The van der Waals surface area contributed by atoms with Crippen molar-refractivity contribution < 1.29 is 9.84 Å². The van der Waals surface area contributed by atoms with Gasteiger partial charge in [0.15, 0.2) is 0 Å². The molecule has 2 rings (SSSR count). The van der Waals surface area contributed by atoms with Gasteiger partial charge in [-0.25, -0.2) is 0 Å². The molecule has 1 aliphatic carbocycles. The number of aliphatic hydroxyl groups is 1. The lowest BCUT2D eigenvalue weighted by Crippen LogP contribution is -2.25. The van der Waals surface area contributed by atoms with Gasteiger partial charge in [-0.15, -0.1) is 0 Å². The third-order valence-corrected chi connectivity index (χ3v) is 2.85. The molecule has 1 aromatic rings. The van der Waals surface area contributed by atoms with Gasteiger partial charge in [-0.3, -0.25) is 4.98 Å². The summed E-state index contributed by atoms with van der Waals surface area (Å²) < 4.78 is 5.38. The van der Waals surface area contributed by atoms with Crippen LogP contribution in [0, 0.1) is 0 Å². The Kier molecular flexibility index (Phi) is 3.25. The average Bonchev–Trinajstić information content (AvgIpc) is 2.31. The number of ether oxygens (including phenoxy) is 1. The van der Waals surface area contributed by atoms with Gasteiger partial charge in [0.05, 0.1) is 12.8 Å². The summed E-state index contributed by atoms with van der Waals surface area (Å²) in [6, 6.07) is 1.87. The molecule has 1 aromatic heterocycles. The van der Waals surface area contributed by atoms with Crippen molar-refractivity contribution in [2.75, 3.05) is 6.61 Å². The minimum absolute atomic E-state index is 0.611. The van der Waals surface area contributed by atoms with Gasteiger partial charge in [0.2, 0.25) is 0 Å². The van der Waals surface area contributed by atoms with Gasteiger partial charge in [-0.05, 0) is 32.3 Å². The number of hydrogen-bond acceptors (Lipinski definition) is 3. The van der Waals surface area contributed by atoms with E-state index < -0.39 is 5.60 Å². The summed E-state index contributed by atoms with van der Waals surface area (Å²) in [5.41, 5.74) is -0.0485. The first-order valence-corrected chi connectivity index (χ1v) is 5.73. The van der Waals surface area contributed by atoms with E-state index in [0.29, 0.717) is 12.4 Å². The number of rotatable bonds is 3. The summed E-state index contributed by atoms with van der Waals surface area (Å²) in [6.07, 6.45) is 10.1. The Balaban J connectivity index is 2.28. The second kappa shape index (κ2) is 4.66. The van der Waals surface area contributed by atoms with E-state index >= 15 is 0 Å². The van der Waals surface area contributed by atoms with Crippen molar-refractivity contribution in [2.24, 2.45) is 0 Å². The Morgan fingerprint density at radius 2 is 2.38 bits per heavy atom. The van der Waals surface area contributed by atoms with E-state index in [2.05, 4.69) is 4.98 Å². The molecule has 0 aromatic carbocycles. The van der Waals surface area contributed by atoms with Crippen LogP contribution in [0.15, 0.2) is 30.6 Å². The van der Waals surface area contributed by atoms with E-state index in [0.717, 1.165) is 24.8 Å². The maximum absolute atomic E-state index is 10.5. The Morgan fingerprint density at radius 1 is 1.50 bits per heavy atom. The summed E-state index contributed by atoms with van der Waals surface area (Å²) in [7, 11) is 0. The Labute approximate surface area is 95.8 Å². The molecule has 3 heteroatoms. The van der Waals surface area contributed by atoms with Crippen LogP contribution in [0.3, 0.4) is 0 Å². The number of pyridine rings is 1. The quantitative estimate of drug-likeness (QED) is 0.794. The van der Waals surface area contributed by atoms with E-state index in [9.17, 15) is 5.11 Å². The van der Waals surface area contributed by atoms with Crippen molar-refractivity contribution in [3.05, 3.63) is 36.2 Å². The van der Waals surface area contributed by atoms with Crippen LogP contribution in [0.2, 0.25) is 0 Å². The summed E-state index contributed by atoms with van der Waals surface area (Å²) >= 11 is 0. The van der Waals surface area contributed by atoms with Gasteiger partial charge < -0.3 is 9.84 Å². The Bertz CT molecular complexity index is 389. The summed E-state index contributed by atoms with van der Waals surface area (Å²) in [5.74, 6) is 0.715. The molecule has 1 atom stereocenters. The van der Waals surface area contributed by atoms with E-state index in [4.69, 9.17) is 4.74 Å². The fourth-order valence-corrected chi connectivity index (χ4v) is 1.99. The van der Waals surface area contributed by atoms with E-state index in [1.165, 1.54) is 0 Å². The Hall–Kier alpha value is -1.35. The van der Waals surface area contributed by atoms with Gasteiger partial charge in [0, 0.05) is 11.8 Å². The molecule has 0 fully saturated rings. The van der Waals surface area contributed by atoms with Crippen LogP contribution in [0.5, 0.6) is 5.75 Å². The molecule has 0 aliphatic heterocycles. The van der Waals surface area contributed by atoms with Crippen LogP contribution >= 0.6 is 0 Å². The zero-order valence-corrected chi connectivity index (χ0v) is 9.52. The highest BCUT2D eigenvalue weighted by molar-refractivity contribution is 5.32. The normalized spacial score (nSPS) is 24.4. The fourth-order valence-electron chi connectivity index (χ4n) is 1.99. The molecule has 86 valence electrons. The minimum Gasteiger partial charge on any atom is -0.492 e. The fraction of sp³-hybridized carbons (Fsp3) is 0.462. The molecule has 0 radical (unpaired) electrons. The standard InChI is InChI=1S/C13H17NO2/c1-2-16-12-8-11(9-14-10-12)13(15)6-4-3-5-7-13/h4,6,8-10,15H,2-3,5,7H2,1H3. The van der Waals surface area contributed by atoms with Crippen molar-refractivity contribution in [1.82, 2.24) is 4.98 Å². The van der Waals surface area contributed by atoms with Crippen molar-refractivity contribution in [3.8, 4) is 5.75 Å². The van der Waals surface area contributed by atoms with Gasteiger partial charge >= 0.3 is 0 Å². The Morgan fingerprint density at radius 3 is 3.06 bits per heavy atom. The first-order valence-electron chi connectivity index (χ1n) is 5.73. The molecule has 16 heavy (non-hydrogen) atoms. The molecule has 0 saturated carbocycles. The number of aromatic nitrogens is 1. The minimum atomic E-state index is -0.863. The molecule has 1 heterocycles. The van der Waals surface area contributed by atoms with Crippen LogP contribution in [0.4, 0.5) is 0 Å². The maximum Gasteiger partial charge on any atom is 0.137 e. The first-order chi connectivity index (χ1) is 7.74. The van der Waals surface area contributed by atoms with Gasteiger partial charge in [-0.1, -0.05) is 12.2 Å². The lowest BCUT2D eigenvalue weighted by molar-refractivity contribution is 0.0719. The van der Waals surface area contributed by atoms with Crippen molar-refractivity contribution in [3.63, 3.8) is 0 Å². The van der Waals surface area contributed by atoms with E-state index in [1.807, 2.05) is 25.1 Å². The lowest BCUT2D eigenvalue weighted by Gasteiger charge is -2.27. The summed E-state index contributed by atoms with van der Waals surface area (Å²) in [6.45, 7) is 2.54. The predicted octanol–water partition coefficient (Wildman–Crippen LogP) is 2.41.